The van der Waals surface area contributed by atoms with Gasteiger partial charge in [0.2, 0.25) is 10.0 Å². The minimum absolute atomic E-state index is 0.104. The third kappa shape index (κ3) is 3.89. The predicted octanol–water partition coefficient (Wildman–Crippen LogP) is 3.07. The van der Waals surface area contributed by atoms with E-state index in [9.17, 15) is 8.42 Å². The predicted molar refractivity (Wildman–Crippen MR) is 114 cm³/mol. The van der Waals surface area contributed by atoms with E-state index in [2.05, 4.69) is 17.0 Å². The molecule has 4 rings (SSSR count). The summed E-state index contributed by atoms with van der Waals surface area (Å²) in [5.41, 5.74) is 2.58. The van der Waals surface area contributed by atoms with E-state index < -0.39 is 10.0 Å². The standard InChI is InChI=1S/C22H34N2O4S/c1-15(2)14-29(25,26)24-8-5-6-17-13-23-9-7-16-10-21(27-3)22(28-4)11-18(16)20(23)12-19(17)24/h10-11,15,17,19-20H,5-9,12-14H2,1-4H3/t17-,19+,20-/m1/s1. The van der Waals surface area contributed by atoms with Gasteiger partial charge in [0, 0.05) is 31.7 Å². The molecule has 1 aromatic carbocycles. The van der Waals surface area contributed by atoms with Crippen molar-refractivity contribution < 1.29 is 17.9 Å². The Morgan fingerprint density at radius 1 is 1.14 bits per heavy atom. The average molecular weight is 423 g/mol. The Morgan fingerprint density at radius 2 is 1.86 bits per heavy atom. The van der Waals surface area contributed by atoms with Gasteiger partial charge in [-0.05, 0) is 60.8 Å². The van der Waals surface area contributed by atoms with Crippen LogP contribution in [0.1, 0.15) is 50.3 Å². The lowest BCUT2D eigenvalue weighted by atomic mass is 9.77. The molecule has 29 heavy (non-hydrogen) atoms. The number of methoxy groups -OCH3 is 2. The Labute approximate surface area is 175 Å². The van der Waals surface area contributed by atoms with Crippen LogP contribution >= 0.6 is 0 Å². The molecule has 0 amide bonds. The summed E-state index contributed by atoms with van der Waals surface area (Å²) < 4.78 is 39.1. The molecule has 2 saturated heterocycles. The minimum atomic E-state index is -3.22. The van der Waals surface area contributed by atoms with Crippen molar-refractivity contribution in [1.29, 1.82) is 0 Å². The van der Waals surface area contributed by atoms with E-state index in [1.54, 1.807) is 14.2 Å². The second-order valence-corrected chi connectivity index (χ2v) is 11.1. The van der Waals surface area contributed by atoms with Crippen molar-refractivity contribution in [3.63, 3.8) is 0 Å². The summed E-state index contributed by atoms with van der Waals surface area (Å²) in [5, 5.41) is 0. The SMILES string of the molecule is COc1cc2c(cc1OC)[C@H]1C[C@H]3[C@H](CCCN3S(=O)(=O)CC(C)C)CN1CC2. The van der Waals surface area contributed by atoms with Gasteiger partial charge in [-0.15, -0.1) is 0 Å². The second kappa shape index (κ2) is 8.08. The first-order valence-corrected chi connectivity index (χ1v) is 12.4. The Morgan fingerprint density at radius 3 is 2.55 bits per heavy atom. The Hall–Kier alpha value is -1.31. The molecule has 0 bridgehead atoms. The van der Waals surface area contributed by atoms with Crippen molar-refractivity contribution in [2.24, 2.45) is 11.8 Å². The van der Waals surface area contributed by atoms with E-state index in [0.29, 0.717) is 12.5 Å². The third-order valence-corrected chi connectivity index (χ3v) is 9.07. The Balaban J connectivity index is 1.66. The maximum Gasteiger partial charge on any atom is 0.214 e. The van der Waals surface area contributed by atoms with Gasteiger partial charge in [-0.25, -0.2) is 8.42 Å². The number of piperidine rings is 2. The molecule has 0 spiro atoms. The van der Waals surface area contributed by atoms with E-state index in [1.165, 1.54) is 11.1 Å². The van der Waals surface area contributed by atoms with Crippen LogP contribution in [0, 0.1) is 11.8 Å². The maximum absolute atomic E-state index is 13.1. The van der Waals surface area contributed by atoms with Crippen LogP contribution in [0.4, 0.5) is 0 Å². The molecular weight excluding hydrogens is 388 g/mol. The summed E-state index contributed by atoms with van der Waals surface area (Å²) >= 11 is 0. The van der Waals surface area contributed by atoms with Crippen LogP contribution in [0.2, 0.25) is 0 Å². The van der Waals surface area contributed by atoms with E-state index in [4.69, 9.17) is 9.47 Å². The zero-order valence-electron chi connectivity index (χ0n) is 18.1. The van der Waals surface area contributed by atoms with Gasteiger partial charge in [-0.2, -0.15) is 4.31 Å². The van der Waals surface area contributed by atoms with Gasteiger partial charge in [-0.3, -0.25) is 4.90 Å². The van der Waals surface area contributed by atoms with Gasteiger partial charge < -0.3 is 9.47 Å². The molecule has 0 radical (unpaired) electrons. The summed E-state index contributed by atoms with van der Waals surface area (Å²) in [7, 11) is 0.119. The van der Waals surface area contributed by atoms with Crippen LogP contribution in [0.5, 0.6) is 11.5 Å². The van der Waals surface area contributed by atoms with Gasteiger partial charge in [-0.1, -0.05) is 13.8 Å². The lowest BCUT2D eigenvalue weighted by Crippen LogP contribution is -2.57. The highest BCUT2D eigenvalue weighted by molar-refractivity contribution is 7.89. The van der Waals surface area contributed by atoms with Crippen LogP contribution in [0.25, 0.3) is 0 Å². The van der Waals surface area contributed by atoms with E-state index in [0.717, 1.165) is 50.3 Å². The van der Waals surface area contributed by atoms with Gasteiger partial charge in [0.1, 0.15) is 0 Å². The zero-order valence-corrected chi connectivity index (χ0v) is 18.9. The van der Waals surface area contributed by atoms with Gasteiger partial charge in [0.15, 0.2) is 11.5 Å². The lowest BCUT2D eigenvalue weighted by molar-refractivity contribution is 0.0218. The fourth-order valence-electron chi connectivity index (χ4n) is 5.59. The largest absolute Gasteiger partial charge is 0.493 e. The van der Waals surface area contributed by atoms with Crippen molar-refractivity contribution in [2.45, 2.75) is 51.6 Å². The Kier molecular flexibility index (Phi) is 5.84. The number of fused-ring (bicyclic) bond motifs is 4. The number of rotatable bonds is 5. The molecule has 0 N–H and O–H groups in total. The van der Waals surface area contributed by atoms with E-state index in [1.807, 2.05) is 18.2 Å². The molecule has 2 fully saturated rings. The lowest BCUT2D eigenvalue weighted by Gasteiger charge is -2.52. The topological polar surface area (TPSA) is 59.1 Å². The number of benzene rings is 1. The molecule has 6 nitrogen and oxygen atoms in total. The number of nitrogens with zero attached hydrogens (tertiary/aromatic N) is 2. The summed E-state index contributed by atoms with van der Waals surface area (Å²) in [5.74, 6) is 2.35. The molecule has 0 unspecified atom stereocenters. The minimum Gasteiger partial charge on any atom is -0.493 e. The third-order valence-electron chi connectivity index (χ3n) is 6.82. The first-order chi connectivity index (χ1) is 13.8. The molecule has 3 aliphatic rings. The number of hydrogen-bond acceptors (Lipinski definition) is 5. The van der Waals surface area contributed by atoms with E-state index in [-0.39, 0.29) is 23.8 Å². The first kappa shape index (κ1) is 20.9. The van der Waals surface area contributed by atoms with Crippen LogP contribution in [0.15, 0.2) is 12.1 Å². The average Bonchev–Trinajstić information content (AvgIpc) is 2.69. The van der Waals surface area contributed by atoms with Crippen molar-refractivity contribution >= 4 is 10.0 Å². The number of ether oxygens (including phenoxy) is 2. The van der Waals surface area contributed by atoms with Gasteiger partial charge in [0.25, 0.3) is 0 Å². The fourth-order valence-corrected chi connectivity index (χ4v) is 7.70. The highest BCUT2D eigenvalue weighted by Gasteiger charge is 2.46. The van der Waals surface area contributed by atoms with Crippen molar-refractivity contribution in [3.05, 3.63) is 23.3 Å². The highest BCUT2D eigenvalue weighted by Crippen LogP contribution is 2.46. The fraction of sp³-hybridized carbons (Fsp3) is 0.727. The van der Waals surface area contributed by atoms with E-state index >= 15 is 0 Å². The molecule has 3 aliphatic heterocycles. The van der Waals surface area contributed by atoms with Crippen LogP contribution in [0.3, 0.4) is 0 Å². The highest BCUT2D eigenvalue weighted by atomic mass is 32.2. The van der Waals surface area contributed by atoms with Crippen molar-refractivity contribution in [2.75, 3.05) is 39.6 Å². The monoisotopic (exact) mass is 422 g/mol. The molecule has 0 aliphatic carbocycles. The summed E-state index contributed by atoms with van der Waals surface area (Å²) in [6, 6.07) is 4.56. The molecule has 1 aromatic rings. The van der Waals surface area contributed by atoms with Gasteiger partial charge >= 0.3 is 0 Å². The van der Waals surface area contributed by atoms with Gasteiger partial charge in [0.05, 0.1) is 20.0 Å². The van der Waals surface area contributed by atoms with Crippen LogP contribution in [-0.4, -0.2) is 63.3 Å². The summed E-state index contributed by atoms with van der Waals surface area (Å²) in [4.78, 5) is 2.56. The van der Waals surface area contributed by atoms with Crippen LogP contribution in [-0.2, 0) is 16.4 Å². The molecular formula is C22H34N2O4S. The maximum atomic E-state index is 13.1. The van der Waals surface area contributed by atoms with Crippen LogP contribution < -0.4 is 9.47 Å². The molecule has 3 heterocycles. The second-order valence-electron chi connectivity index (χ2n) is 9.16. The molecule has 7 heteroatoms. The molecule has 0 saturated carbocycles. The molecule has 0 aromatic heterocycles. The molecule has 3 atom stereocenters. The number of sulfonamides is 1. The summed E-state index contributed by atoms with van der Waals surface area (Å²) in [6.45, 7) is 6.64. The van der Waals surface area contributed by atoms with Crippen molar-refractivity contribution in [3.8, 4) is 11.5 Å². The molecule has 162 valence electrons. The zero-order chi connectivity index (χ0) is 20.8. The summed E-state index contributed by atoms with van der Waals surface area (Å²) in [6.07, 6.45) is 3.96. The quantitative estimate of drug-likeness (QED) is 0.730. The number of hydrogen-bond donors (Lipinski definition) is 0. The smallest absolute Gasteiger partial charge is 0.214 e. The van der Waals surface area contributed by atoms with Crippen molar-refractivity contribution in [1.82, 2.24) is 9.21 Å². The normalized spacial score (nSPS) is 27.8. The first-order valence-electron chi connectivity index (χ1n) is 10.8. The Bertz CT molecular complexity index is 855.